The average Bonchev–Trinajstić information content (AvgIpc) is 2.63. The van der Waals surface area contributed by atoms with E-state index in [-0.39, 0.29) is 16.7 Å². The van der Waals surface area contributed by atoms with Gasteiger partial charge < -0.3 is 9.84 Å². The number of hydrogen-bond acceptors (Lipinski definition) is 4. The van der Waals surface area contributed by atoms with Crippen LogP contribution in [0.2, 0.25) is 5.02 Å². The molecule has 0 unspecified atom stereocenters. The Balaban J connectivity index is 1.81. The van der Waals surface area contributed by atoms with Crippen LogP contribution in [0.25, 0.3) is 10.8 Å². The molecule has 3 aromatic rings. The van der Waals surface area contributed by atoms with Crippen LogP contribution in [-0.4, -0.2) is 24.3 Å². The smallest absolute Gasteiger partial charge is 0.275 e. The molecule has 0 aromatic heterocycles. The number of carbonyl (C=O) groups is 1. The van der Waals surface area contributed by atoms with E-state index < -0.39 is 0 Å². The zero-order valence-electron chi connectivity index (χ0n) is 13.4. The molecule has 0 radical (unpaired) electrons. The van der Waals surface area contributed by atoms with Crippen LogP contribution in [0.5, 0.6) is 11.5 Å². The fourth-order valence-corrected chi connectivity index (χ4v) is 2.58. The third-order valence-electron chi connectivity index (χ3n) is 3.66. The van der Waals surface area contributed by atoms with Crippen molar-refractivity contribution in [2.24, 2.45) is 5.10 Å². The Morgan fingerprint density at radius 1 is 1.16 bits per heavy atom. The van der Waals surface area contributed by atoms with Crippen LogP contribution in [0.1, 0.15) is 15.9 Å². The molecule has 0 aliphatic rings. The number of hydrazone groups is 1. The van der Waals surface area contributed by atoms with Gasteiger partial charge in [-0.3, -0.25) is 4.79 Å². The molecule has 25 heavy (non-hydrogen) atoms. The first-order chi connectivity index (χ1) is 12.1. The molecule has 0 saturated carbocycles. The summed E-state index contributed by atoms with van der Waals surface area (Å²) < 4.78 is 5.31. The van der Waals surface area contributed by atoms with Crippen LogP contribution >= 0.6 is 11.6 Å². The van der Waals surface area contributed by atoms with E-state index in [1.165, 1.54) is 19.4 Å². The molecule has 6 heteroatoms. The van der Waals surface area contributed by atoms with Crippen LogP contribution in [0.15, 0.2) is 59.7 Å². The maximum absolute atomic E-state index is 12.4. The summed E-state index contributed by atoms with van der Waals surface area (Å²) in [5.41, 5.74) is 3.50. The largest absolute Gasteiger partial charge is 0.506 e. The maximum Gasteiger partial charge on any atom is 0.275 e. The van der Waals surface area contributed by atoms with E-state index in [1.54, 1.807) is 18.2 Å². The first-order valence-corrected chi connectivity index (χ1v) is 7.85. The molecule has 0 aliphatic heterocycles. The van der Waals surface area contributed by atoms with E-state index >= 15 is 0 Å². The van der Waals surface area contributed by atoms with Crippen molar-refractivity contribution >= 4 is 34.5 Å². The van der Waals surface area contributed by atoms with Crippen molar-refractivity contribution in [2.75, 3.05) is 7.11 Å². The maximum atomic E-state index is 12.4. The van der Waals surface area contributed by atoms with Gasteiger partial charge in [-0.25, -0.2) is 5.43 Å². The van der Waals surface area contributed by atoms with Gasteiger partial charge in [0.15, 0.2) is 0 Å². The topological polar surface area (TPSA) is 70.9 Å². The second kappa shape index (κ2) is 7.23. The molecule has 0 heterocycles. The standard InChI is InChI=1S/C19H15ClN2O3/c1-25-18-10-14-5-3-2-4-13(14)9-15(18)19(24)22-21-11-12-6-7-17(23)16(20)8-12/h2-11,23H,1H3,(H,22,24). The number of nitrogens with zero attached hydrogens (tertiary/aromatic N) is 1. The van der Waals surface area contributed by atoms with Crippen LogP contribution in [0, 0.1) is 0 Å². The van der Waals surface area contributed by atoms with E-state index in [4.69, 9.17) is 16.3 Å². The Kier molecular flexibility index (Phi) is 4.86. The summed E-state index contributed by atoms with van der Waals surface area (Å²) in [6, 6.07) is 15.9. The molecule has 3 aromatic carbocycles. The summed E-state index contributed by atoms with van der Waals surface area (Å²) in [5.74, 6) is 0.0755. The summed E-state index contributed by atoms with van der Waals surface area (Å²) in [6.45, 7) is 0. The zero-order valence-corrected chi connectivity index (χ0v) is 14.1. The molecule has 3 rings (SSSR count). The van der Waals surface area contributed by atoms with Crippen molar-refractivity contribution in [2.45, 2.75) is 0 Å². The van der Waals surface area contributed by atoms with Gasteiger partial charge in [0.1, 0.15) is 11.5 Å². The molecule has 2 N–H and O–H groups in total. The first-order valence-electron chi connectivity index (χ1n) is 7.47. The molecule has 5 nitrogen and oxygen atoms in total. The van der Waals surface area contributed by atoms with E-state index in [1.807, 2.05) is 30.3 Å². The average molecular weight is 355 g/mol. The number of fused-ring (bicyclic) bond motifs is 1. The van der Waals surface area contributed by atoms with Gasteiger partial charge in [-0.05, 0) is 46.7 Å². The Morgan fingerprint density at radius 3 is 2.56 bits per heavy atom. The third-order valence-corrected chi connectivity index (χ3v) is 3.97. The Hall–Kier alpha value is -3.05. The summed E-state index contributed by atoms with van der Waals surface area (Å²) in [4.78, 5) is 12.4. The SMILES string of the molecule is COc1cc2ccccc2cc1C(=O)NN=Cc1ccc(O)c(Cl)c1. The number of hydrogen-bond donors (Lipinski definition) is 2. The fraction of sp³-hybridized carbons (Fsp3) is 0.0526. The number of methoxy groups -OCH3 is 1. The molecular weight excluding hydrogens is 340 g/mol. The number of nitrogens with one attached hydrogen (secondary N) is 1. The van der Waals surface area contributed by atoms with Crippen molar-refractivity contribution in [3.8, 4) is 11.5 Å². The highest BCUT2D eigenvalue weighted by Gasteiger charge is 2.13. The van der Waals surface area contributed by atoms with Crippen molar-refractivity contribution in [3.63, 3.8) is 0 Å². The minimum atomic E-state index is -0.385. The number of phenolic OH excluding ortho intramolecular Hbond substituents is 1. The second-order valence-corrected chi connectivity index (χ2v) is 5.72. The fourth-order valence-electron chi connectivity index (χ4n) is 2.39. The first kappa shape index (κ1) is 16.8. The van der Waals surface area contributed by atoms with Gasteiger partial charge in [0.2, 0.25) is 0 Å². The van der Waals surface area contributed by atoms with Crippen molar-refractivity contribution < 1.29 is 14.6 Å². The van der Waals surface area contributed by atoms with E-state index in [0.717, 1.165) is 10.8 Å². The molecule has 0 fully saturated rings. The van der Waals surface area contributed by atoms with Crippen LogP contribution in [-0.2, 0) is 0 Å². The lowest BCUT2D eigenvalue weighted by molar-refractivity contribution is 0.0952. The lowest BCUT2D eigenvalue weighted by Gasteiger charge is -2.09. The summed E-state index contributed by atoms with van der Waals surface area (Å²) >= 11 is 5.83. The number of phenols is 1. The summed E-state index contributed by atoms with van der Waals surface area (Å²) in [5, 5.41) is 15.4. The van der Waals surface area contributed by atoms with Gasteiger partial charge in [0.25, 0.3) is 5.91 Å². The van der Waals surface area contributed by atoms with Gasteiger partial charge in [-0.1, -0.05) is 35.9 Å². The lowest BCUT2D eigenvalue weighted by atomic mass is 10.1. The monoisotopic (exact) mass is 354 g/mol. The summed E-state index contributed by atoms with van der Waals surface area (Å²) in [7, 11) is 1.52. The molecule has 1 amide bonds. The minimum absolute atomic E-state index is 0.0104. The molecular formula is C19H15ClN2O3. The number of carbonyl (C=O) groups excluding carboxylic acids is 1. The predicted octanol–water partition coefficient (Wildman–Crippen LogP) is 3.97. The zero-order chi connectivity index (χ0) is 17.8. The molecule has 0 atom stereocenters. The van der Waals surface area contributed by atoms with Crippen LogP contribution in [0.4, 0.5) is 0 Å². The van der Waals surface area contributed by atoms with Gasteiger partial charge >= 0.3 is 0 Å². The number of ether oxygens (including phenoxy) is 1. The number of benzene rings is 3. The number of amides is 1. The van der Waals surface area contributed by atoms with Crippen LogP contribution < -0.4 is 10.2 Å². The lowest BCUT2D eigenvalue weighted by Crippen LogP contribution is -2.18. The van der Waals surface area contributed by atoms with E-state index in [9.17, 15) is 9.90 Å². The molecule has 0 saturated heterocycles. The highest BCUT2D eigenvalue weighted by Crippen LogP contribution is 2.26. The summed E-state index contributed by atoms with van der Waals surface area (Å²) in [6.07, 6.45) is 1.44. The van der Waals surface area contributed by atoms with Crippen molar-refractivity contribution in [1.82, 2.24) is 5.43 Å². The van der Waals surface area contributed by atoms with E-state index in [0.29, 0.717) is 16.9 Å². The van der Waals surface area contributed by atoms with Gasteiger partial charge in [0, 0.05) is 0 Å². The Morgan fingerprint density at radius 2 is 1.88 bits per heavy atom. The highest BCUT2D eigenvalue weighted by atomic mass is 35.5. The molecule has 0 bridgehead atoms. The molecule has 0 spiro atoms. The minimum Gasteiger partial charge on any atom is -0.506 e. The van der Waals surface area contributed by atoms with Crippen LogP contribution in [0.3, 0.4) is 0 Å². The van der Waals surface area contributed by atoms with Crippen molar-refractivity contribution in [3.05, 3.63) is 70.7 Å². The molecule has 126 valence electrons. The second-order valence-electron chi connectivity index (χ2n) is 5.31. The Bertz CT molecular complexity index is 970. The number of halogens is 1. The van der Waals surface area contributed by atoms with Gasteiger partial charge in [-0.2, -0.15) is 5.10 Å². The number of aromatic hydroxyl groups is 1. The van der Waals surface area contributed by atoms with Gasteiger partial charge in [0.05, 0.1) is 23.9 Å². The van der Waals surface area contributed by atoms with Gasteiger partial charge in [-0.15, -0.1) is 0 Å². The number of rotatable bonds is 4. The Labute approximate surface area is 149 Å². The predicted molar refractivity (Wildman–Crippen MR) is 98.7 cm³/mol. The quantitative estimate of drug-likeness (QED) is 0.550. The highest BCUT2D eigenvalue weighted by molar-refractivity contribution is 6.32. The van der Waals surface area contributed by atoms with E-state index in [2.05, 4.69) is 10.5 Å². The normalized spacial score (nSPS) is 11.0. The third kappa shape index (κ3) is 3.72. The molecule has 0 aliphatic carbocycles. The van der Waals surface area contributed by atoms with Crippen molar-refractivity contribution in [1.29, 1.82) is 0 Å².